The lowest BCUT2D eigenvalue weighted by Crippen LogP contribution is -1.99. The standard InChI is InChI=1S/C15H13N3O2/c1-18-8-12(16-17-18)10-20-15-7-6-11-4-2-3-5-13(11)14(15)9-19/h2-9H,10H2,1H3. The summed E-state index contributed by atoms with van der Waals surface area (Å²) in [4.78, 5) is 11.3. The topological polar surface area (TPSA) is 57.0 Å². The number of aryl methyl sites for hydroxylation is 1. The smallest absolute Gasteiger partial charge is 0.154 e. The molecule has 0 amide bonds. The fourth-order valence-corrected chi connectivity index (χ4v) is 2.14. The molecule has 0 aliphatic carbocycles. The van der Waals surface area contributed by atoms with Gasteiger partial charge >= 0.3 is 0 Å². The first-order valence-electron chi connectivity index (χ1n) is 6.23. The van der Waals surface area contributed by atoms with Gasteiger partial charge in [0.1, 0.15) is 18.1 Å². The van der Waals surface area contributed by atoms with E-state index < -0.39 is 0 Å². The average Bonchev–Trinajstić information content (AvgIpc) is 2.90. The highest BCUT2D eigenvalue weighted by Crippen LogP contribution is 2.27. The molecule has 100 valence electrons. The molecular weight excluding hydrogens is 254 g/mol. The van der Waals surface area contributed by atoms with Crippen molar-refractivity contribution in [2.45, 2.75) is 6.61 Å². The Morgan fingerprint density at radius 1 is 1.25 bits per heavy atom. The number of aromatic nitrogens is 3. The van der Waals surface area contributed by atoms with Crippen molar-refractivity contribution >= 4 is 17.1 Å². The molecule has 0 N–H and O–H groups in total. The third kappa shape index (κ3) is 2.25. The van der Waals surface area contributed by atoms with E-state index in [0.717, 1.165) is 22.8 Å². The number of hydrogen-bond donors (Lipinski definition) is 0. The molecule has 0 spiro atoms. The number of hydrogen-bond acceptors (Lipinski definition) is 4. The Labute approximate surface area is 115 Å². The van der Waals surface area contributed by atoms with Crippen molar-refractivity contribution in [2.24, 2.45) is 7.05 Å². The number of nitrogens with zero attached hydrogens (tertiary/aromatic N) is 3. The highest BCUT2D eigenvalue weighted by molar-refractivity contribution is 6.00. The van der Waals surface area contributed by atoms with Crippen LogP contribution in [0.25, 0.3) is 10.8 Å². The first-order chi connectivity index (χ1) is 9.78. The molecule has 3 rings (SSSR count). The molecular formula is C15H13N3O2. The fourth-order valence-electron chi connectivity index (χ4n) is 2.14. The Morgan fingerprint density at radius 2 is 2.10 bits per heavy atom. The van der Waals surface area contributed by atoms with Crippen molar-refractivity contribution in [3.8, 4) is 5.75 Å². The van der Waals surface area contributed by atoms with Crippen molar-refractivity contribution in [2.75, 3.05) is 0 Å². The largest absolute Gasteiger partial charge is 0.486 e. The van der Waals surface area contributed by atoms with Crippen LogP contribution < -0.4 is 4.74 Å². The van der Waals surface area contributed by atoms with Crippen LogP contribution in [0.3, 0.4) is 0 Å². The summed E-state index contributed by atoms with van der Waals surface area (Å²) >= 11 is 0. The van der Waals surface area contributed by atoms with E-state index in [-0.39, 0.29) is 6.61 Å². The molecule has 0 atom stereocenters. The van der Waals surface area contributed by atoms with Crippen LogP contribution in [0.2, 0.25) is 0 Å². The van der Waals surface area contributed by atoms with E-state index in [9.17, 15) is 4.79 Å². The van der Waals surface area contributed by atoms with E-state index in [1.165, 1.54) is 0 Å². The third-order valence-electron chi connectivity index (χ3n) is 3.07. The van der Waals surface area contributed by atoms with E-state index in [1.807, 2.05) is 36.4 Å². The monoisotopic (exact) mass is 267 g/mol. The average molecular weight is 267 g/mol. The molecule has 0 aliphatic rings. The molecule has 2 aromatic carbocycles. The van der Waals surface area contributed by atoms with E-state index in [0.29, 0.717) is 11.3 Å². The second kappa shape index (κ2) is 5.13. The van der Waals surface area contributed by atoms with Crippen LogP contribution >= 0.6 is 0 Å². The molecule has 0 saturated heterocycles. The number of carbonyl (C=O) groups excluding carboxylic acids is 1. The van der Waals surface area contributed by atoms with Gasteiger partial charge in [-0.3, -0.25) is 9.48 Å². The minimum Gasteiger partial charge on any atom is -0.486 e. The lowest BCUT2D eigenvalue weighted by atomic mass is 10.0. The van der Waals surface area contributed by atoms with Gasteiger partial charge in [-0.1, -0.05) is 35.5 Å². The highest BCUT2D eigenvalue weighted by Gasteiger charge is 2.09. The first kappa shape index (κ1) is 12.3. The second-order valence-electron chi connectivity index (χ2n) is 4.49. The number of rotatable bonds is 4. The quantitative estimate of drug-likeness (QED) is 0.681. The zero-order valence-corrected chi connectivity index (χ0v) is 11.0. The van der Waals surface area contributed by atoms with E-state index in [1.54, 1.807) is 17.9 Å². The van der Waals surface area contributed by atoms with E-state index >= 15 is 0 Å². The van der Waals surface area contributed by atoms with Crippen molar-refractivity contribution < 1.29 is 9.53 Å². The Balaban J connectivity index is 1.93. The molecule has 0 fully saturated rings. The molecule has 0 saturated carbocycles. The molecule has 3 aromatic rings. The summed E-state index contributed by atoms with van der Waals surface area (Å²) in [6, 6.07) is 11.5. The third-order valence-corrected chi connectivity index (χ3v) is 3.07. The molecule has 1 heterocycles. The number of aldehydes is 1. The van der Waals surface area contributed by atoms with Crippen LogP contribution in [0.1, 0.15) is 16.1 Å². The SMILES string of the molecule is Cn1cc(COc2ccc3ccccc3c2C=O)nn1. The van der Waals surface area contributed by atoms with Gasteiger partial charge in [-0.05, 0) is 16.8 Å². The van der Waals surface area contributed by atoms with Crippen LogP contribution in [-0.2, 0) is 13.7 Å². The summed E-state index contributed by atoms with van der Waals surface area (Å²) in [5.74, 6) is 0.560. The highest BCUT2D eigenvalue weighted by atomic mass is 16.5. The molecule has 5 nitrogen and oxygen atoms in total. The number of fused-ring (bicyclic) bond motifs is 1. The summed E-state index contributed by atoms with van der Waals surface area (Å²) < 4.78 is 7.30. The van der Waals surface area contributed by atoms with Crippen molar-refractivity contribution in [1.29, 1.82) is 0 Å². The van der Waals surface area contributed by atoms with Crippen LogP contribution in [0.5, 0.6) is 5.75 Å². The molecule has 20 heavy (non-hydrogen) atoms. The zero-order chi connectivity index (χ0) is 13.9. The van der Waals surface area contributed by atoms with Gasteiger partial charge in [0, 0.05) is 7.05 Å². The molecule has 0 bridgehead atoms. The van der Waals surface area contributed by atoms with Crippen LogP contribution in [0.15, 0.2) is 42.6 Å². The van der Waals surface area contributed by atoms with Crippen LogP contribution in [-0.4, -0.2) is 21.3 Å². The maximum absolute atomic E-state index is 11.3. The number of benzene rings is 2. The maximum Gasteiger partial charge on any atom is 0.154 e. The Bertz CT molecular complexity index is 765. The van der Waals surface area contributed by atoms with Gasteiger partial charge in [0.15, 0.2) is 6.29 Å². The van der Waals surface area contributed by atoms with Crippen molar-refractivity contribution in [3.05, 3.63) is 53.9 Å². The lowest BCUT2D eigenvalue weighted by molar-refractivity contribution is 0.112. The minimum atomic E-state index is 0.285. The summed E-state index contributed by atoms with van der Waals surface area (Å²) in [6.45, 7) is 0.285. The van der Waals surface area contributed by atoms with Gasteiger partial charge in [-0.15, -0.1) is 5.10 Å². The Morgan fingerprint density at radius 3 is 2.85 bits per heavy atom. The Hall–Kier alpha value is -2.69. The van der Waals surface area contributed by atoms with Crippen molar-refractivity contribution in [1.82, 2.24) is 15.0 Å². The zero-order valence-electron chi connectivity index (χ0n) is 11.0. The summed E-state index contributed by atoms with van der Waals surface area (Å²) in [7, 11) is 1.80. The minimum absolute atomic E-state index is 0.285. The summed E-state index contributed by atoms with van der Waals surface area (Å²) in [5.41, 5.74) is 1.28. The molecule has 1 aromatic heterocycles. The number of carbonyl (C=O) groups is 1. The van der Waals surface area contributed by atoms with Crippen LogP contribution in [0.4, 0.5) is 0 Å². The predicted octanol–water partition coefficient (Wildman–Crippen LogP) is 2.36. The Kier molecular flexibility index (Phi) is 3.16. The normalized spacial score (nSPS) is 10.7. The molecule has 5 heteroatoms. The lowest BCUT2D eigenvalue weighted by Gasteiger charge is -2.09. The van der Waals surface area contributed by atoms with Gasteiger partial charge in [0.2, 0.25) is 0 Å². The van der Waals surface area contributed by atoms with E-state index in [4.69, 9.17) is 4.74 Å². The van der Waals surface area contributed by atoms with Gasteiger partial charge in [0.25, 0.3) is 0 Å². The van der Waals surface area contributed by atoms with Gasteiger partial charge in [0.05, 0.1) is 11.8 Å². The van der Waals surface area contributed by atoms with Crippen molar-refractivity contribution in [3.63, 3.8) is 0 Å². The molecule has 0 unspecified atom stereocenters. The van der Waals surface area contributed by atoms with Gasteiger partial charge in [-0.25, -0.2) is 0 Å². The maximum atomic E-state index is 11.3. The predicted molar refractivity (Wildman–Crippen MR) is 74.7 cm³/mol. The van der Waals surface area contributed by atoms with Gasteiger partial charge < -0.3 is 4.74 Å². The number of ether oxygens (including phenoxy) is 1. The summed E-state index contributed by atoms with van der Waals surface area (Å²) in [5, 5.41) is 9.69. The van der Waals surface area contributed by atoms with Crippen LogP contribution in [0, 0.1) is 0 Å². The van der Waals surface area contributed by atoms with Gasteiger partial charge in [-0.2, -0.15) is 0 Å². The molecule has 0 radical (unpaired) electrons. The second-order valence-corrected chi connectivity index (χ2v) is 4.49. The summed E-state index contributed by atoms with van der Waals surface area (Å²) in [6.07, 6.45) is 2.61. The van der Waals surface area contributed by atoms with E-state index in [2.05, 4.69) is 10.3 Å². The molecule has 0 aliphatic heterocycles. The fraction of sp³-hybridized carbons (Fsp3) is 0.133. The first-order valence-corrected chi connectivity index (χ1v) is 6.23.